The molecular formula is C15H26N+. The first-order valence-corrected chi connectivity index (χ1v) is 6.77. The summed E-state index contributed by atoms with van der Waals surface area (Å²) >= 11 is 0. The average Bonchev–Trinajstić information content (AvgIpc) is 2.33. The third-order valence-corrected chi connectivity index (χ3v) is 3.21. The van der Waals surface area contributed by atoms with Gasteiger partial charge in [-0.15, -0.1) is 0 Å². The fourth-order valence-corrected chi connectivity index (χ4v) is 2.02. The van der Waals surface area contributed by atoms with E-state index in [2.05, 4.69) is 49.0 Å². The molecule has 1 unspecified atom stereocenters. The lowest BCUT2D eigenvalue weighted by Gasteiger charge is -2.08. The molecule has 1 nitrogen and oxygen atoms in total. The van der Waals surface area contributed by atoms with Crippen molar-refractivity contribution in [3.63, 3.8) is 0 Å². The zero-order chi connectivity index (χ0) is 11.6. The molecule has 0 aliphatic rings. The van der Waals surface area contributed by atoms with Gasteiger partial charge in [0.05, 0.1) is 0 Å². The Balaban J connectivity index is 2.08. The van der Waals surface area contributed by atoms with Gasteiger partial charge in [0.2, 0.25) is 0 Å². The van der Waals surface area contributed by atoms with Gasteiger partial charge in [0.15, 0.2) is 12.4 Å². The molecule has 0 aromatic carbocycles. The minimum absolute atomic E-state index is 0.865. The molecular weight excluding hydrogens is 194 g/mol. The molecule has 0 amide bonds. The van der Waals surface area contributed by atoms with Crippen LogP contribution in [0.1, 0.15) is 52.4 Å². The molecule has 0 radical (unpaired) electrons. The van der Waals surface area contributed by atoms with Crippen LogP contribution in [0.5, 0.6) is 0 Å². The number of rotatable bonds is 8. The number of aryl methyl sites for hydroxylation is 1. The van der Waals surface area contributed by atoms with E-state index in [0.29, 0.717) is 0 Å². The first-order valence-electron chi connectivity index (χ1n) is 6.77. The summed E-state index contributed by atoms with van der Waals surface area (Å²) in [4.78, 5) is 0. The van der Waals surface area contributed by atoms with Gasteiger partial charge in [-0.2, -0.15) is 0 Å². The molecule has 0 fully saturated rings. The zero-order valence-corrected chi connectivity index (χ0v) is 10.9. The van der Waals surface area contributed by atoms with Gasteiger partial charge in [0, 0.05) is 18.6 Å². The maximum Gasteiger partial charge on any atom is 0.168 e. The van der Waals surface area contributed by atoms with Crippen molar-refractivity contribution >= 4 is 0 Å². The molecule has 90 valence electrons. The monoisotopic (exact) mass is 220 g/mol. The maximum absolute atomic E-state index is 2.38. The molecule has 0 N–H and O–H groups in total. The first-order chi connectivity index (χ1) is 7.83. The second-order valence-corrected chi connectivity index (χ2v) is 4.86. The highest BCUT2D eigenvalue weighted by Gasteiger charge is 2.05. The van der Waals surface area contributed by atoms with Crippen LogP contribution in [0, 0.1) is 5.92 Å². The minimum atomic E-state index is 0.865. The predicted molar refractivity (Wildman–Crippen MR) is 69.2 cm³/mol. The fraction of sp³-hybridized carbons (Fsp3) is 0.667. The van der Waals surface area contributed by atoms with Gasteiger partial charge in [-0.3, -0.25) is 0 Å². The SMILES string of the molecule is CCCCCCC(C)CC[n+]1ccccc1. The Morgan fingerprint density at radius 2 is 1.69 bits per heavy atom. The second-order valence-electron chi connectivity index (χ2n) is 4.86. The molecule has 1 aromatic rings. The Morgan fingerprint density at radius 1 is 0.938 bits per heavy atom. The summed E-state index contributed by atoms with van der Waals surface area (Å²) in [6.07, 6.45) is 12.6. The van der Waals surface area contributed by atoms with E-state index in [1.54, 1.807) is 0 Å². The van der Waals surface area contributed by atoms with Crippen molar-refractivity contribution in [3.8, 4) is 0 Å². The number of pyridine rings is 1. The maximum atomic E-state index is 2.38. The largest absolute Gasteiger partial charge is 0.205 e. The van der Waals surface area contributed by atoms with Crippen molar-refractivity contribution in [3.05, 3.63) is 30.6 Å². The molecule has 0 spiro atoms. The second kappa shape index (κ2) is 8.32. The van der Waals surface area contributed by atoms with Crippen LogP contribution in [0.3, 0.4) is 0 Å². The Bertz CT molecular complexity index is 255. The minimum Gasteiger partial charge on any atom is -0.205 e. The Kier molecular flexibility index (Phi) is 6.87. The van der Waals surface area contributed by atoms with E-state index in [1.165, 1.54) is 38.5 Å². The summed E-state index contributed by atoms with van der Waals surface area (Å²) in [5.74, 6) is 0.865. The average molecular weight is 220 g/mol. The van der Waals surface area contributed by atoms with E-state index in [1.807, 2.05) is 0 Å². The van der Waals surface area contributed by atoms with Crippen LogP contribution in [0.15, 0.2) is 30.6 Å². The predicted octanol–water partition coefficient (Wildman–Crippen LogP) is 3.97. The van der Waals surface area contributed by atoms with Crippen molar-refractivity contribution in [1.82, 2.24) is 0 Å². The van der Waals surface area contributed by atoms with Crippen molar-refractivity contribution in [2.24, 2.45) is 5.92 Å². The third-order valence-electron chi connectivity index (χ3n) is 3.21. The Morgan fingerprint density at radius 3 is 2.38 bits per heavy atom. The normalized spacial score (nSPS) is 12.6. The number of hydrogen-bond acceptors (Lipinski definition) is 0. The molecule has 0 aliphatic carbocycles. The lowest BCUT2D eigenvalue weighted by Crippen LogP contribution is -2.33. The van der Waals surface area contributed by atoms with Crippen molar-refractivity contribution in [2.45, 2.75) is 58.9 Å². The van der Waals surface area contributed by atoms with Gasteiger partial charge in [0.25, 0.3) is 0 Å². The number of aromatic nitrogens is 1. The van der Waals surface area contributed by atoms with E-state index < -0.39 is 0 Å². The number of unbranched alkanes of at least 4 members (excludes halogenated alkanes) is 3. The molecule has 0 saturated heterocycles. The van der Waals surface area contributed by atoms with Crippen molar-refractivity contribution < 1.29 is 4.57 Å². The van der Waals surface area contributed by atoms with Gasteiger partial charge in [-0.05, 0) is 5.92 Å². The zero-order valence-electron chi connectivity index (χ0n) is 10.9. The highest BCUT2D eigenvalue weighted by Crippen LogP contribution is 2.13. The van der Waals surface area contributed by atoms with E-state index in [4.69, 9.17) is 0 Å². The summed E-state index contributed by atoms with van der Waals surface area (Å²) in [7, 11) is 0. The molecule has 1 heterocycles. The molecule has 0 saturated carbocycles. The summed E-state index contributed by atoms with van der Waals surface area (Å²) in [6, 6.07) is 6.28. The lowest BCUT2D eigenvalue weighted by molar-refractivity contribution is -0.698. The van der Waals surface area contributed by atoms with Gasteiger partial charge in [-0.1, -0.05) is 52.0 Å². The van der Waals surface area contributed by atoms with Gasteiger partial charge in [-0.25, -0.2) is 4.57 Å². The highest BCUT2D eigenvalue weighted by atomic mass is 14.9. The molecule has 1 rings (SSSR count). The van der Waals surface area contributed by atoms with Gasteiger partial charge >= 0.3 is 0 Å². The summed E-state index contributed by atoms with van der Waals surface area (Å²) < 4.78 is 2.28. The lowest BCUT2D eigenvalue weighted by atomic mass is 9.99. The van der Waals surface area contributed by atoms with Gasteiger partial charge < -0.3 is 0 Å². The Labute approximate surface area is 101 Å². The van der Waals surface area contributed by atoms with Gasteiger partial charge in [0.1, 0.15) is 6.54 Å². The number of hydrogen-bond donors (Lipinski definition) is 0. The van der Waals surface area contributed by atoms with Crippen LogP contribution in [-0.2, 0) is 6.54 Å². The van der Waals surface area contributed by atoms with Crippen molar-refractivity contribution in [1.29, 1.82) is 0 Å². The van der Waals surface area contributed by atoms with E-state index in [-0.39, 0.29) is 0 Å². The van der Waals surface area contributed by atoms with Crippen LogP contribution in [0.25, 0.3) is 0 Å². The standard InChI is InChI=1S/C15H26N/c1-3-4-5-7-10-15(2)11-14-16-12-8-6-9-13-16/h6,8-9,12-13,15H,3-5,7,10-11,14H2,1-2H3/q+1. The number of nitrogens with zero attached hydrogens (tertiary/aromatic N) is 1. The van der Waals surface area contributed by atoms with E-state index >= 15 is 0 Å². The molecule has 0 bridgehead atoms. The highest BCUT2D eigenvalue weighted by molar-refractivity contribution is 4.83. The van der Waals surface area contributed by atoms with Crippen molar-refractivity contribution in [2.75, 3.05) is 0 Å². The van der Waals surface area contributed by atoms with Crippen LogP contribution in [-0.4, -0.2) is 0 Å². The quantitative estimate of drug-likeness (QED) is 0.461. The molecule has 1 atom stereocenters. The van der Waals surface area contributed by atoms with E-state index in [9.17, 15) is 0 Å². The van der Waals surface area contributed by atoms with E-state index in [0.717, 1.165) is 12.5 Å². The van der Waals surface area contributed by atoms with Crippen LogP contribution < -0.4 is 4.57 Å². The summed E-state index contributed by atoms with van der Waals surface area (Å²) in [5.41, 5.74) is 0. The Hall–Kier alpha value is -0.850. The van der Waals surface area contributed by atoms with Crippen LogP contribution in [0.2, 0.25) is 0 Å². The molecule has 1 heteroatoms. The topological polar surface area (TPSA) is 3.88 Å². The van der Waals surface area contributed by atoms with Crippen LogP contribution >= 0.6 is 0 Å². The summed E-state index contributed by atoms with van der Waals surface area (Å²) in [5, 5.41) is 0. The molecule has 0 aliphatic heterocycles. The molecule has 1 aromatic heterocycles. The first kappa shape index (κ1) is 13.2. The van der Waals surface area contributed by atoms with Crippen LogP contribution in [0.4, 0.5) is 0 Å². The summed E-state index contributed by atoms with van der Waals surface area (Å²) in [6.45, 7) is 5.82. The smallest absolute Gasteiger partial charge is 0.168 e. The molecule has 16 heavy (non-hydrogen) atoms. The fourth-order valence-electron chi connectivity index (χ4n) is 2.02. The third kappa shape index (κ3) is 5.89.